The molecule has 2 rings (SSSR count). The van der Waals surface area contributed by atoms with Crippen molar-refractivity contribution in [3.63, 3.8) is 0 Å². The molecule has 1 unspecified atom stereocenters. The van der Waals surface area contributed by atoms with Crippen molar-refractivity contribution >= 4 is 16.7 Å². The number of ether oxygens (including phenoxy) is 1. The Morgan fingerprint density at radius 1 is 1.13 bits per heavy atom. The van der Waals surface area contributed by atoms with E-state index in [-0.39, 0.29) is 6.61 Å². The van der Waals surface area contributed by atoms with Crippen LogP contribution in [0.25, 0.3) is 10.8 Å². The summed E-state index contributed by atoms with van der Waals surface area (Å²) in [6.07, 6.45) is 0. The molecule has 0 fully saturated rings. The minimum absolute atomic E-state index is 0.0938. The van der Waals surface area contributed by atoms with E-state index in [0.717, 1.165) is 16.3 Å². The summed E-state index contributed by atoms with van der Waals surface area (Å²) in [5.74, 6) is -0.952. The fraction of sp³-hybridized carbons (Fsp3) is 0.389. The molecule has 5 heteroatoms. The summed E-state index contributed by atoms with van der Waals surface area (Å²) in [4.78, 5) is 17.2. The quantitative estimate of drug-likeness (QED) is 0.720. The predicted molar refractivity (Wildman–Crippen MR) is 89.0 cm³/mol. The number of carboxylic acid groups (broad SMARTS) is 1. The van der Waals surface area contributed by atoms with Crippen LogP contribution in [0, 0.1) is 0 Å². The van der Waals surface area contributed by atoms with E-state index in [1.54, 1.807) is 0 Å². The van der Waals surface area contributed by atoms with Gasteiger partial charge in [-0.1, -0.05) is 42.5 Å². The van der Waals surface area contributed by atoms with E-state index >= 15 is 0 Å². The van der Waals surface area contributed by atoms with Crippen LogP contribution in [0.3, 0.4) is 0 Å². The summed E-state index contributed by atoms with van der Waals surface area (Å²) >= 11 is 0. The van der Waals surface area contributed by atoms with E-state index in [1.807, 2.05) is 56.3 Å². The third kappa shape index (κ3) is 4.51. The normalized spacial score (nSPS) is 12.7. The second-order valence-electron chi connectivity index (χ2n) is 5.14. The first-order valence-electron chi connectivity index (χ1n) is 7.84. The first-order chi connectivity index (χ1) is 11.2. The molecule has 1 N–H and O–H groups in total. The summed E-state index contributed by atoms with van der Waals surface area (Å²) in [5, 5.41) is 13.2. The van der Waals surface area contributed by atoms with Crippen LogP contribution < -0.4 is 0 Å². The van der Waals surface area contributed by atoms with Crippen LogP contribution >= 0.6 is 0 Å². The van der Waals surface area contributed by atoms with Crippen molar-refractivity contribution in [1.82, 2.24) is 5.06 Å². The molecule has 0 amide bonds. The van der Waals surface area contributed by atoms with Crippen LogP contribution in [0.4, 0.5) is 0 Å². The Labute approximate surface area is 136 Å². The Hall–Kier alpha value is -1.95. The smallest absolute Gasteiger partial charge is 0.325 e. The molecule has 0 heterocycles. The summed E-state index contributed by atoms with van der Waals surface area (Å²) in [6, 6.07) is 13.2. The molecule has 2 aromatic carbocycles. The number of fused-ring (bicyclic) bond motifs is 1. The molecule has 0 bridgehead atoms. The van der Waals surface area contributed by atoms with Gasteiger partial charge in [0, 0.05) is 6.61 Å². The van der Waals surface area contributed by atoms with Gasteiger partial charge in [0.2, 0.25) is 0 Å². The molecular weight excluding hydrogens is 294 g/mol. The van der Waals surface area contributed by atoms with Crippen LogP contribution in [0.1, 0.15) is 19.4 Å². The van der Waals surface area contributed by atoms with Gasteiger partial charge in [0.25, 0.3) is 0 Å². The van der Waals surface area contributed by atoms with Crippen molar-refractivity contribution in [3.05, 3.63) is 48.0 Å². The molecule has 5 nitrogen and oxygen atoms in total. The molecule has 0 aliphatic rings. The summed E-state index contributed by atoms with van der Waals surface area (Å²) < 4.78 is 5.31. The Morgan fingerprint density at radius 2 is 1.87 bits per heavy atom. The third-order valence-corrected chi connectivity index (χ3v) is 3.61. The number of carboxylic acids is 1. The number of hydrogen-bond donors (Lipinski definition) is 1. The summed E-state index contributed by atoms with van der Waals surface area (Å²) in [7, 11) is 0. The van der Waals surface area contributed by atoms with Gasteiger partial charge in [-0.25, -0.2) is 0 Å². The Balaban J connectivity index is 2.28. The molecule has 0 saturated carbocycles. The topological polar surface area (TPSA) is 59.0 Å². The van der Waals surface area contributed by atoms with Crippen LogP contribution in [0.2, 0.25) is 0 Å². The van der Waals surface area contributed by atoms with Gasteiger partial charge in [0.15, 0.2) is 6.04 Å². The van der Waals surface area contributed by atoms with Gasteiger partial charge < -0.3 is 9.84 Å². The highest BCUT2D eigenvalue weighted by Crippen LogP contribution is 2.21. The standard InChI is InChI=1S/C18H23NO4/c1-3-22-13-17(18(20)21)19(23-4-2)12-15-10-7-9-14-8-5-6-11-16(14)15/h5-11,17H,3-4,12-13H2,1-2H3,(H,20,21). The Morgan fingerprint density at radius 3 is 2.57 bits per heavy atom. The Kier molecular flexibility index (Phi) is 6.52. The number of nitrogens with zero attached hydrogens (tertiary/aromatic N) is 1. The average molecular weight is 317 g/mol. The monoisotopic (exact) mass is 317 g/mol. The fourth-order valence-corrected chi connectivity index (χ4v) is 2.52. The molecule has 23 heavy (non-hydrogen) atoms. The average Bonchev–Trinajstić information content (AvgIpc) is 2.55. The first-order valence-corrected chi connectivity index (χ1v) is 7.84. The lowest BCUT2D eigenvalue weighted by Gasteiger charge is -2.27. The van der Waals surface area contributed by atoms with Crippen LogP contribution in [-0.4, -0.2) is 42.0 Å². The molecule has 0 aromatic heterocycles. The maximum atomic E-state index is 11.6. The first kappa shape index (κ1) is 17.4. The van der Waals surface area contributed by atoms with Gasteiger partial charge in [-0.2, -0.15) is 5.06 Å². The zero-order chi connectivity index (χ0) is 16.7. The molecule has 0 aliphatic heterocycles. The van der Waals surface area contributed by atoms with Crippen LogP contribution in [-0.2, 0) is 20.9 Å². The minimum atomic E-state index is -0.952. The predicted octanol–water partition coefficient (Wildman–Crippen LogP) is 3.08. The third-order valence-electron chi connectivity index (χ3n) is 3.61. The highest BCUT2D eigenvalue weighted by molar-refractivity contribution is 5.85. The van der Waals surface area contributed by atoms with E-state index in [0.29, 0.717) is 19.8 Å². The van der Waals surface area contributed by atoms with Crippen LogP contribution in [0.5, 0.6) is 0 Å². The van der Waals surface area contributed by atoms with Gasteiger partial charge in [-0.3, -0.25) is 9.63 Å². The lowest BCUT2D eigenvalue weighted by molar-refractivity contribution is -0.209. The Bertz CT molecular complexity index is 638. The van der Waals surface area contributed by atoms with E-state index in [1.165, 1.54) is 5.06 Å². The highest BCUT2D eigenvalue weighted by Gasteiger charge is 2.27. The van der Waals surface area contributed by atoms with Gasteiger partial charge >= 0.3 is 5.97 Å². The lowest BCUT2D eigenvalue weighted by atomic mass is 10.0. The lowest BCUT2D eigenvalue weighted by Crippen LogP contribution is -2.44. The van der Waals surface area contributed by atoms with Crippen molar-refractivity contribution in [3.8, 4) is 0 Å². The fourth-order valence-electron chi connectivity index (χ4n) is 2.52. The minimum Gasteiger partial charge on any atom is -0.480 e. The zero-order valence-corrected chi connectivity index (χ0v) is 13.6. The number of benzene rings is 2. The maximum absolute atomic E-state index is 11.6. The van der Waals surface area contributed by atoms with E-state index in [4.69, 9.17) is 9.57 Å². The van der Waals surface area contributed by atoms with Crippen molar-refractivity contribution in [1.29, 1.82) is 0 Å². The van der Waals surface area contributed by atoms with Crippen molar-refractivity contribution < 1.29 is 19.5 Å². The molecular formula is C18H23NO4. The number of carbonyl (C=O) groups is 1. The largest absolute Gasteiger partial charge is 0.480 e. The van der Waals surface area contributed by atoms with Gasteiger partial charge in [-0.05, 0) is 30.2 Å². The second kappa shape index (κ2) is 8.62. The van der Waals surface area contributed by atoms with Gasteiger partial charge in [0.1, 0.15) is 0 Å². The molecule has 1 atom stereocenters. The molecule has 0 spiro atoms. The SMILES string of the molecule is CCOCC(C(=O)O)N(Cc1cccc2ccccc12)OCC. The van der Waals surface area contributed by atoms with Gasteiger partial charge in [-0.15, -0.1) is 0 Å². The van der Waals surface area contributed by atoms with Crippen molar-refractivity contribution in [2.75, 3.05) is 19.8 Å². The number of hydroxylamine groups is 2. The second-order valence-corrected chi connectivity index (χ2v) is 5.14. The van der Waals surface area contributed by atoms with Crippen molar-refractivity contribution in [2.24, 2.45) is 0 Å². The highest BCUT2D eigenvalue weighted by atomic mass is 16.7. The number of aliphatic carboxylic acids is 1. The molecule has 124 valence electrons. The maximum Gasteiger partial charge on any atom is 0.325 e. The molecule has 0 aliphatic carbocycles. The van der Waals surface area contributed by atoms with Gasteiger partial charge in [0.05, 0.1) is 19.8 Å². The summed E-state index contributed by atoms with van der Waals surface area (Å²) in [5.41, 5.74) is 1.03. The van der Waals surface area contributed by atoms with E-state index in [9.17, 15) is 9.90 Å². The molecule has 0 saturated heterocycles. The number of rotatable bonds is 9. The van der Waals surface area contributed by atoms with Crippen molar-refractivity contribution in [2.45, 2.75) is 26.4 Å². The number of hydrogen-bond acceptors (Lipinski definition) is 4. The van der Waals surface area contributed by atoms with Crippen LogP contribution in [0.15, 0.2) is 42.5 Å². The summed E-state index contributed by atoms with van der Waals surface area (Å²) in [6.45, 7) is 5.04. The molecule has 0 radical (unpaired) electrons. The molecule has 2 aromatic rings. The van der Waals surface area contributed by atoms with E-state index in [2.05, 4.69) is 0 Å². The zero-order valence-electron chi connectivity index (χ0n) is 13.6. The van der Waals surface area contributed by atoms with E-state index < -0.39 is 12.0 Å².